The first-order valence-electron chi connectivity index (χ1n) is 21.3. The number of carboxylic acids is 3. The number of rotatable bonds is 27. The van der Waals surface area contributed by atoms with Crippen LogP contribution in [0.1, 0.15) is 102 Å². The summed E-state index contributed by atoms with van der Waals surface area (Å²) in [6, 6.07) is 8.30. The lowest BCUT2D eigenvalue weighted by Gasteiger charge is -2.29. The highest BCUT2D eigenvalue weighted by Gasteiger charge is 2.30. The van der Waals surface area contributed by atoms with Gasteiger partial charge in [-0.05, 0) is 92.9 Å². The molecule has 11 N–H and O–H groups in total. The van der Waals surface area contributed by atoms with Gasteiger partial charge in [-0.25, -0.2) is 14.4 Å². The first-order valence-corrected chi connectivity index (χ1v) is 21.3. The summed E-state index contributed by atoms with van der Waals surface area (Å²) in [5, 5.41) is 45.7. The molecule has 0 spiro atoms. The van der Waals surface area contributed by atoms with Gasteiger partial charge in [0.05, 0.1) is 6.04 Å². The molecule has 4 atom stereocenters. The van der Waals surface area contributed by atoms with Crippen LogP contribution in [-0.4, -0.2) is 107 Å². The van der Waals surface area contributed by atoms with Gasteiger partial charge in [0.25, 0.3) is 0 Å². The zero-order valence-electron chi connectivity index (χ0n) is 34.9. The summed E-state index contributed by atoms with van der Waals surface area (Å²) in [5.41, 5.74) is 6.56. The third-order valence-corrected chi connectivity index (χ3v) is 10.9. The number of fused-ring (bicyclic) bond motifs is 1. The van der Waals surface area contributed by atoms with E-state index in [0.717, 1.165) is 42.0 Å². The molecule has 336 valence electrons. The average molecular weight is 854 g/mol. The second kappa shape index (κ2) is 26.4. The number of unbranched alkanes of at least 4 members (excludes halogenated alkanes) is 3. The fraction of sp³-hybridized carbons (Fsp3) is 0.581. The summed E-state index contributed by atoms with van der Waals surface area (Å²) in [4.78, 5) is 97.8. The number of carboxylic acid groups (broad SMARTS) is 3. The van der Waals surface area contributed by atoms with Gasteiger partial charge in [0.15, 0.2) is 0 Å². The van der Waals surface area contributed by atoms with E-state index < -0.39 is 60.4 Å². The van der Waals surface area contributed by atoms with Crippen LogP contribution in [0.25, 0.3) is 10.8 Å². The Morgan fingerprint density at radius 1 is 0.672 bits per heavy atom. The second-order valence-electron chi connectivity index (χ2n) is 15.7. The molecule has 1 aliphatic carbocycles. The number of carbonyl (C=O) groups excluding carboxylic acids is 5. The third kappa shape index (κ3) is 18.6. The van der Waals surface area contributed by atoms with Gasteiger partial charge in [0.2, 0.25) is 23.6 Å². The Hall–Kier alpha value is -5.78. The molecule has 1 fully saturated rings. The summed E-state index contributed by atoms with van der Waals surface area (Å²) >= 11 is 0. The number of urea groups is 1. The number of hydrogen-bond acceptors (Lipinski definition) is 9. The van der Waals surface area contributed by atoms with E-state index in [1.54, 1.807) is 0 Å². The lowest BCUT2D eigenvalue weighted by atomic mass is 9.81. The van der Waals surface area contributed by atoms with Crippen LogP contribution in [0.2, 0.25) is 0 Å². The van der Waals surface area contributed by atoms with Gasteiger partial charge in [0.1, 0.15) is 18.1 Å². The lowest BCUT2D eigenvalue weighted by molar-refractivity contribution is -0.141. The third-order valence-electron chi connectivity index (χ3n) is 10.9. The van der Waals surface area contributed by atoms with Crippen LogP contribution < -0.4 is 37.6 Å². The molecule has 18 heteroatoms. The van der Waals surface area contributed by atoms with Crippen molar-refractivity contribution in [1.29, 1.82) is 0 Å². The van der Waals surface area contributed by atoms with E-state index in [4.69, 9.17) is 10.8 Å². The summed E-state index contributed by atoms with van der Waals surface area (Å²) in [5.74, 6) is -4.94. The minimum Gasteiger partial charge on any atom is -0.481 e. The van der Waals surface area contributed by atoms with E-state index in [9.17, 15) is 48.6 Å². The standard InChI is InChI=1S/C43H63N7O11/c1-2-32(44)39(55)45-22-8-3-4-13-36(51)47-26-27-14-18-30(19-15-27)38(54)48-35(25-28-16-17-29-10-5-6-11-31(29)24-28)40(56)46-23-9-7-12-33(41(57)58)49-43(61)50-34(42(59)60)20-21-37(52)53/h5-6,10-11,16-17,24,27,30,32-35H,2-4,7-9,12-15,18-23,25-26,44H2,1H3,(H,45,55)(H,46,56)(H,47,51)(H,48,54)(H,52,53)(H,57,58)(H,59,60)(H2,49,50,61)/t27-,30-,32-,33-,34-,35-/m0/s1. The highest BCUT2D eigenvalue weighted by molar-refractivity contribution is 5.89. The zero-order chi connectivity index (χ0) is 44.7. The van der Waals surface area contributed by atoms with E-state index in [1.165, 1.54) is 0 Å². The number of aliphatic carboxylic acids is 3. The summed E-state index contributed by atoms with van der Waals surface area (Å²) in [6.45, 7) is 3.07. The van der Waals surface area contributed by atoms with Crippen LogP contribution in [0.5, 0.6) is 0 Å². The van der Waals surface area contributed by atoms with Crippen molar-refractivity contribution in [3.63, 3.8) is 0 Å². The fourth-order valence-electron chi connectivity index (χ4n) is 7.14. The molecule has 0 bridgehead atoms. The molecule has 61 heavy (non-hydrogen) atoms. The molecule has 1 saturated carbocycles. The number of carbonyl (C=O) groups is 8. The van der Waals surface area contributed by atoms with Gasteiger partial charge < -0.3 is 53.0 Å². The van der Waals surface area contributed by atoms with E-state index in [-0.39, 0.29) is 61.8 Å². The monoisotopic (exact) mass is 853 g/mol. The molecule has 0 aromatic heterocycles. The van der Waals surface area contributed by atoms with Crippen LogP contribution in [0.4, 0.5) is 4.79 Å². The number of nitrogens with one attached hydrogen (secondary N) is 6. The Bertz CT molecular complexity index is 1800. The van der Waals surface area contributed by atoms with Crippen LogP contribution in [0.3, 0.4) is 0 Å². The Kier molecular flexibility index (Phi) is 21.5. The van der Waals surface area contributed by atoms with Gasteiger partial charge >= 0.3 is 23.9 Å². The van der Waals surface area contributed by atoms with Crippen molar-refractivity contribution < 1.29 is 53.7 Å². The van der Waals surface area contributed by atoms with E-state index in [0.29, 0.717) is 51.6 Å². The number of hydrogen-bond donors (Lipinski definition) is 10. The van der Waals surface area contributed by atoms with Crippen LogP contribution in [0, 0.1) is 11.8 Å². The maximum absolute atomic E-state index is 13.6. The maximum atomic E-state index is 13.6. The Balaban J connectivity index is 1.47. The first-order chi connectivity index (χ1) is 29.2. The minimum absolute atomic E-state index is 0.0254. The smallest absolute Gasteiger partial charge is 0.326 e. The first kappa shape index (κ1) is 49.6. The molecule has 1 aliphatic rings. The molecule has 0 heterocycles. The predicted octanol–water partition coefficient (Wildman–Crippen LogP) is 2.56. The minimum atomic E-state index is -1.52. The summed E-state index contributed by atoms with van der Waals surface area (Å²) in [7, 11) is 0. The molecule has 3 rings (SSSR count). The molecule has 0 radical (unpaired) electrons. The topological polar surface area (TPSA) is 295 Å². The predicted molar refractivity (Wildman–Crippen MR) is 226 cm³/mol. The maximum Gasteiger partial charge on any atom is 0.326 e. The molecule has 0 unspecified atom stereocenters. The van der Waals surface area contributed by atoms with Gasteiger partial charge in [-0.2, -0.15) is 0 Å². The van der Waals surface area contributed by atoms with Crippen LogP contribution in [-0.2, 0) is 40.0 Å². The lowest BCUT2D eigenvalue weighted by Crippen LogP contribution is -2.51. The zero-order valence-corrected chi connectivity index (χ0v) is 34.9. The van der Waals surface area contributed by atoms with Gasteiger partial charge in [0, 0.05) is 44.8 Å². The highest BCUT2D eigenvalue weighted by Crippen LogP contribution is 2.29. The van der Waals surface area contributed by atoms with Crippen molar-refractivity contribution in [1.82, 2.24) is 31.9 Å². The molecule has 0 aliphatic heterocycles. The molecule has 6 amide bonds. The van der Waals surface area contributed by atoms with Gasteiger partial charge in [-0.15, -0.1) is 0 Å². The Labute approximate surface area is 355 Å². The Morgan fingerprint density at radius 3 is 1.93 bits per heavy atom. The molecule has 18 nitrogen and oxygen atoms in total. The molecule has 2 aromatic rings. The normalized spacial score (nSPS) is 16.8. The van der Waals surface area contributed by atoms with Crippen molar-refractivity contribution in [3.05, 3.63) is 48.0 Å². The van der Waals surface area contributed by atoms with Crippen molar-refractivity contribution in [2.24, 2.45) is 17.6 Å². The highest BCUT2D eigenvalue weighted by atomic mass is 16.4. The van der Waals surface area contributed by atoms with Crippen molar-refractivity contribution >= 4 is 58.3 Å². The van der Waals surface area contributed by atoms with E-state index in [2.05, 4.69) is 31.9 Å². The number of benzene rings is 2. The summed E-state index contributed by atoms with van der Waals surface area (Å²) in [6.07, 6.45) is 5.88. The Morgan fingerprint density at radius 2 is 1.30 bits per heavy atom. The largest absolute Gasteiger partial charge is 0.481 e. The molecule has 2 aromatic carbocycles. The SMILES string of the molecule is CC[C@H](N)C(=O)NCCCCCC(=O)NC[C@H]1CC[C@H](C(=O)N[C@@H](Cc2ccc3ccccc3c2)C(=O)NCCCC[C@H](NC(=O)N[C@@H](CCC(=O)O)C(=O)O)C(=O)O)CC1. The number of nitrogens with two attached hydrogens (primary N) is 1. The summed E-state index contributed by atoms with van der Waals surface area (Å²) < 4.78 is 0. The second-order valence-corrected chi connectivity index (χ2v) is 15.7. The van der Waals surface area contributed by atoms with Crippen molar-refractivity contribution in [3.8, 4) is 0 Å². The van der Waals surface area contributed by atoms with Crippen LogP contribution >= 0.6 is 0 Å². The van der Waals surface area contributed by atoms with E-state index in [1.807, 2.05) is 49.4 Å². The van der Waals surface area contributed by atoms with Crippen molar-refractivity contribution in [2.75, 3.05) is 19.6 Å². The van der Waals surface area contributed by atoms with Crippen LogP contribution in [0.15, 0.2) is 42.5 Å². The van der Waals surface area contributed by atoms with Crippen molar-refractivity contribution in [2.45, 2.75) is 127 Å². The fourth-order valence-corrected chi connectivity index (χ4v) is 7.14. The van der Waals surface area contributed by atoms with Gasteiger partial charge in [-0.3, -0.25) is 24.0 Å². The molecular weight excluding hydrogens is 791 g/mol. The van der Waals surface area contributed by atoms with E-state index >= 15 is 0 Å². The average Bonchev–Trinajstić information content (AvgIpc) is 3.24. The molecule has 0 saturated heterocycles. The number of amides is 6. The quantitative estimate of drug-likeness (QED) is 0.0581. The van der Waals surface area contributed by atoms with Gasteiger partial charge in [-0.1, -0.05) is 55.8 Å². The molecular formula is C43H63N7O11.